The molecule has 0 unspecified atom stereocenters. The highest BCUT2D eigenvalue weighted by molar-refractivity contribution is 7.21. The van der Waals surface area contributed by atoms with Gasteiger partial charge in [0.15, 0.2) is 0 Å². The third-order valence-corrected chi connectivity index (χ3v) is 4.07. The molecule has 1 heterocycles. The molecule has 2 aromatic rings. The summed E-state index contributed by atoms with van der Waals surface area (Å²) < 4.78 is 29.2. The molecule has 1 aromatic heterocycles. The number of fused-ring (bicyclic) bond motifs is 1. The van der Waals surface area contributed by atoms with E-state index in [1.807, 2.05) is 0 Å². The first-order valence-corrected chi connectivity index (χ1v) is 7.30. The van der Waals surface area contributed by atoms with Crippen LogP contribution in [0.4, 0.5) is 14.5 Å². The molecule has 4 nitrogen and oxygen atoms in total. The Morgan fingerprint density at radius 3 is 2.95 bits per heavy atom. The molecule has 0 aliphatic heterocycles. The fourth-order valence-electron chi connectivity index (χ4n) is 1.75. The van der Waals surface area contributed by atoms with Crippen molar-refractivity contribution < 1.29 is 18.3 Å². The monoisotopic (exact) mass is 334 g/mol. The number of nitrogens with two attached hydrogens (primary N) is 1. The van der Waals surface area contributed by atoms with Crippen molar-refractivity contribution in [2.24, 2.45) is 0 Å². The van der Waals surface area contributed by atoms with Gasteiger partial charge < -0.3 is 15.8 Å². The van der Waals surface area contributed by atoms with Crippen LogP contribution in [0.3, 0.4) is 0 Å². The highest BCUT2D eigenvalue weighted by Gasteiger charge is 2.16. The molecule has 3 N–H and O–H groups in total. The lowest BCUT2D eigenvalue weighted by molar-refractivity contribution is 0.0188. The van der Waals surface area contributed by atoms with E-state index in [1.165, 1.54) is 11.3 Å². The Kier molecular flexibility index (Phi) is 5.33. The summed E-state index contributed by atoms with van der Waals surface area (Å²) >= 11 is 7.12. The number of amides is 1. The average Bonchev–Trinajstić information content (AvgIpc) is 2.74. The first-order valence-electron chi connectivity index (χ1n) is 6.10. The zero-order valence-electron chi connectivity index (χ0n) is 10.9. The second kappa shape index (κ2) is 7.02. The van der Waals surface area contributed by atoms with E-state index in [4.69, 9.17) is 17.3 Å². The number of halogens is 3. The third-order valence-electron chi connectivity index (χ3n) is 2.67. The van der Waals surface area contributed by atoms with Gasteiger partial charge in [0, 0.05) is 21.7 Å². The van der Waals surface area contributed by atoms with Crippen molar-refractivity contribution in [2.75, 3.05) is 25.5 Å². The number of carbonyl (C=O) groups is 1. The van der Waals surface area contributed by atoms with Crippen molar-refractivity contribution in [3.8, 4) is 0 Å². The predicted octanol–water partition coefficient (Wildman–Crippen LogP) is 3.15. The first kappa shape index (κ1) is 15.9. The lowest BCUT2D eigenvalue weighted by Gasteiger charge is -2.05. The molecule has 2 rings (SSSR count). The number of carbonyl (C=O) groups excluding carboxylic acids is 1. The summed E-state index contributed by atoms with van der Waals surface area (Å²) in [4.78, 5) is 12.4. The highest BCUT2D eigenvalue weighted by atomic mass is 35.5. The van der Waals surface area contributed by atoms with E-state index in [1.54, 1.807) is 18.2 Å². The molecule has 0 fully saturated rings. The van der Waals surface area contributed by atoms with E-state index in [2.05, 4.69) is 10.1 Å². The number of nitrogens with one attached hydrogen (secondary N) is 1. The zero-order chi connectivity index (χ0) is 15.4. The summed E-state index contributed by atoms with van der Waals surface area (Å²) in [5, 5.41) is 3.91. The van der Waals surface area contributed by atoms with E-state index in [9.17, 15) is 13.6 Å². The minimum Gasteiger partial charge on any atom is -0.397 e. The van der Waals surface area contributed by atoms with Gasteiger partial charge in [-0.1, -0.05) is 11.6 Å². The molecule has 0 aliphatic carbocycles. The van der Waals surface area contributed by atoms with Crippen LogP contribution in [0.25, 0.3) is 10.1 Å². The quantitative estimate of drug-likeness (QED) is 0.798. The number of hydrogen-bond donors (Lipinski definition) is 2. The van der Waals surface area contributed by atoms with Crippen LogP contribution < -0.4 is 11.1 Å². The van der Waals surface area contributed by atoms with E-state index < -0.39 is 13.0 Å². The second-order valence-electron chi connectivity index (χ2n) is 4.21. The van der Waals surface area contributed by atoms with Gasteiger partial charge in [-0.2, -0.15) is 0 Å². The fraction of sp³-hybridized carbons (Fsp3) is 0.308. The summed E-state index contributed by atoms with van der Waals surface area (Å²) in [6.07, 6.45) is -2.51. The summed E-state index contributed by atoms with van der Waals surface area (Å²) in [6, 6.07) is 5.19. The van der Waals surface area contributed by atoms with Gasteiger partial charge in [-0.05, 0) is 18.2 Å². The lowest BCUT2D eigenvalue weighted by atomic mass is 10.2. The van der Waals surface area contributed by atoms with Crippen molar-refractivity contribution >= 4 is 44.6 Å². The van der Waals surface area contributed by atoms with E-state index in [0.29, 0.717) is 15.6 Å². The molecule has 0 saturated heterocycles. The number of rotatable bonds is 6. The lowest BCUT2D eigenvalue weighted by Crippen LogP contribution is -2.27. The largest absolute Gasteiger partial charge is 0.397 e. The fourth-order valence-corrected chi connectivity index (χ4v) is 3.06. The van der Waals surface area contributed by atoms with Gasteiger partial charge in [0.05, 0.1) is 12.3 Å². The van der Waals surface area contributed by atoms with Crippen LogP contribution in [0.2, 0.25) is 5.02 Å². The minimum atomic E-state index is -2.51. The number of alkyl halides is 2. The average molecular weight is 335 g/mol. The molecule has 0 aliphatic rings. The van der Waals surface area contributed by atoms with Crippen molar-refractivity contribution in [3.05, 3.63) is 28.1 Å². The standard InChI is InChI=1S/C13H13ClF2N2O2S/c14-7-1-2-8-9(5-7)21-12(11(8)17)13(19)18-3-4-20-6-10(15)16/h1-2,5,10H,3-4,6,17H2,(H,18,19). The van der Waals surface area contributed by atoms with Crippen molar-refractivity contribution in [1.82, 2.24) is 5.32 Å². The summed E-state index contributed by atoms with van der Waals surface area (Å²) in [7, 11) is 0. The molecule has 0 radical (unpaired) electrons. The molecule has 0 spiro atoms. The van der Waals surface area contributed by atoms with Gasteiger partial charge in [-0.15, -0.1) is 11.3 Å². The Balaban J connectivity index is 1.98. The zero-order valence-corrected chi connectivity index (χ0v) is 12.4. The van der Waals surface area contributed by atoms with Crippen LogP contribution in [0.15, 0.2) is 18.2 Å². The SMILES string of the molecule is Nc1c(C(=O)NCCOCC(F)F)sc2cc(Cl)ccc12. The van der Waals surface area contributed by atoms with Crippen LogP contribution in [0, 0.1) is 0 Å². The topological polar surface area (TPSA) is 64.4 Å². The Morgan fingerprint density at radius 2 is 2.24 bits per heavy atom. The molecule has 0 bridgehead atoms. The first-order chi connectivity index (χ1) is 9.99. The molecule has 8 heteroatoms. The Labute approximate surface area is 128 Å². The molecule has 114 valence electrons. The van der Waals surface area contributed by atoms with Crippen molar-refractivity contribution in [1.29, 1.82) is 0 Å². The van der Waals surface area contributed by atoms with Gasteiger partial charge in [-0.3, -0.25) is 4.79 Å². The normalized spacial score (nSPS) is 11.2. The molecule has 21 heavy (non-hydrogen) atoms. The molecular weight excluding hydrogens is 322 g/mol. The Morgan fingerprint density at radius 1 is 1.48 bits per heavy atom. The van der Waals surface area contributed by atoms with Crippen LogP contribution in [0.5, 0.6) is 0 Å². The smallest absolute Gasteiger partial charge is 0.263 e. The summed E-state index contributed by atoms with van der Waals surface area (Å²) in [5.41, 5.74) is 6.32. The van der Waals surface area contributed by atoms with E-state index in [-0.39, 0.29) is 19.1 Å². The van der Waals surface area contributed by atoms with Crippen LogP contribution in [0.1, 0.15) is 9.67 Å². The van der Waals surface area contributed by atoms with Gasteiger partial charge in [0.25, 0.3) is 12.3 Å². The molecule has 1 amide bonds. The molecule has 0 saturated carbocycles. The minimum absolute atomic E-state index is 0.0205. The number of nitrogen functional groups attached to an aromatic ring is 1. The Hall–Kier alpha value is -1.44. The van der Waals surface area contributed by atoms with Crippen LogP contribution in [-0.4, -0.2) is 32.1 Å². The van der Waals surface area contributed by atoms with Gasteiger partial charge >= 0.3 is 0 Å². The van der Waals surface area contributed by atoms with Crippen molar-refractivity contribution in [3.63, 3.8) is 0 Å². The van der Waals surface area contributed by atoms with Crippen LogP contribution in [-0.2, 0) is 4.74 Å². The van der Waals surface area contributed by atoms with Gasteiger partial charge in [0.2, 0.25) is 0 Å². The third kappa shape index (κ3) is 4.03. The van der Waals surface area contributed by atoms with Gasteiger partial charge in [0.1, 0.15) is 11.5 Å². The summed E-state index contributed by atoms with van der Waals surface area (Å²) in [5.74, 6) is -0.356. The Bertz CT molecular complexity index is 648. The number of benzene rings is 1. The maximum absolute atomic E-state index is 12.0. The maximum atomic E-state index is 12.0. The molecular formula is C13H13ClF2N2O2S. The molecule has 0 atom stereocenters. The van der Waals surface area contributed by atoms with E-state index in [0.717, 1.165) is 10.1 Å². The van der Waals surface area contributed by atoms with Crippen molar-refractivity contribution in [2.45, 2.75) is 6.43 Å². The number of hydrogen-bond acceptors (Lipinski definition) is 4. The van der Waals surface area contributed by atoms with E-state index >= 15 is 0 Å². The number of anilines is 1. The highest BCUT2D eigenvalue weighted by Crippen LogP contribution is 2.35. The second-order valence-corrected chi connectivity index (χ2v) is 5.70. The van der Waals surface area contributed by atoms with Gasteiger partial charge in [-0.25, -0.2) is 8.78 Å². The maximum Gasteiger partial charge on any atom is 0.263 e. The molecule has 1 aromatic carbocycles. The van der Waals surface area contributed by atoms with Crippen LogP contribution >= 0.6 is 22.9 Å². The summed E-state index contributed by atoms with van der Waals surface area (Å²) in [6.45, 7) is -0.480. The number of ether oxygens (including phenoxy) is 1. The number of thiophene rings is 1. The predicted molar refractivity (Wildman–Crippen MR) is 80.4 cm³/mol.